The number of rotatable bonds is 7. The lowest BCUT2D eigenvalue weighted by atomic mass is 9.81. The predicted octanol–water partition coefficient (Wildman–Crippen LogP) is 12.7. The maximum atomic E-state index is 7.17. The average molecular weight is 697 g/mol. The Bertz CT molecular complexity index is 2910. The molecule has 0 amide bonds. The van der Waals surface area contributed by atoms with Gasteiger partial charge in [0, 0.05) is 28.4 Å². The second-order valence-electron chi connectivity index (χ2n) is 15.1. The van der Waals surface area contributed by atoms with Crippen LogP contribution in [0.2, 0.25) is 0 Å². The van der Waals surface area contributed by atoms with E-state index < -0.39 is 0 Å². The molecule has 260 valence electrons. The van der Waals surface area contributed by atoms with Crippen LogP contribution < -0.4 is 11.1 Å². The molecule has 1 heterocycles. The maximum Gasteiger partial charge on any atom is 0.136 e. The molecular formula is C51H40N2O. The number of nitrogens with two attached hydrogens (primary N) is 1. The molecule has 0 saturated heterocycles. The Morgan fingerprint density at radius 1 is 0.630 bits per heavy atom. The van der Waals surface area contributed by atoms with Crippen molar-refractivity contribution < 1.29 is 4.42 Å². The van der Waals surface area contributed by atoms with Crippen molar-refractivity contribution in [1.29, 1.82) is 0 Å². The third-order valence-corrected chi connectivity index (χ3v) is 11.5. The fraction of sp³-hybridized carbons (Fsp3) is 0.0980. The second-order valence-corrected chi connectivity index (χ2v) is 15.1. The van der Waals surface area contributed by atoms with E-state index in [-0.39, 0.29) is 11.5 Å². The van der Waals surface area contributed by atoms with Gasteiger partial charge in [0.15, 0.2) is 0 Å². The highest BCUT2D eigenvalue weighted by Gasteiger charge is 2.37. The normalized spacial score (nSPS) is 14.1. The summed E-state index contributed by atoms with van der Waals surface area (Å²) >= 11 is 0. The molecule has 1 unspecified atom stereocenters. The van der Waals surface area contributed by atoms with Crippen molar-refractivity contribution in [2.45, 2.75) is 31.8 Å². The fourth-order valence-electron chi connectivity index (χ4n) is 8.68. The summed E-state index contributed by atoms with van der Waals surface area (Å²) in [7, 11) is 0. The van der Waals surface area contributed by atoms with Crippen molar-refractivity contribution in [2.75, 3.05) is 0 Å². The molecule has 0 bridgehead atoms. The van der Waals surface area contributed by atoms with Gasteiger partial charge in [-0.15, -0.1) is 0 Å². The Kier molecular flexibility index (Phi) is 7.53. The van der Waals surface area contributed by atoms with E-state index in [2.05, 4.69) is 177 Å². The molecule has 1 aromatic heterocycles. The Labute approximate surface area is 315 Å². The van der Waals surface area contributed by atoms with Gasteiger partial charge in [0.2, 0.25) is 0 Å². The first-order valence-electron chi connectivity index (χ1n) is 18.8. The summed E-state index contributed by atoms with van der Waals surface area (Å²) in [6.45, 7) is 5.39. The number of benzene rings is 8. The molecule has 54 heavy (non-hydrogen) atoms. The molecule has 9 aromatic rings. The van der Waals surface area contributed by atoms with E-state index in [4.69, 9.17) is 10.2 Å². The Morgan fingerprint density at radius 2 is 1.30 bits per heavy atom. The number of nitrogens with one attached hydrogen (secondary N) is 1. The van der Waals surface area contributed by atoms with Crippen LogP contribution in [0, 0.1) is 0 Å². The number of hydrogen-bond donors (Lipinski definition) is 2. The zero-order valence-electron chi connectivity index (χ0n) is 30.4. The fourth-order valence-corrected chi connectivity index (χ4v) is 8.68. The summed E-state index contributed by atoms with van der Waals surface area (Å²) in [5.74, 6) is 0. The smallest absolute Gasteiger partial charge is 0.136 e. The largest absolute Gasteiger partial charge is 0.456 e. The van der Waals surface area contributed by atoms with Gasteiger partial charge in [-0.05, 0) is 108 Å². The molecule has 0 aliphatic heterocycles. The second kappa shape index (κ2) is 12.6. The van der Waals surface area contributed by atoms with Gasteiger partial charge < -0.3 is 15.5 Å². The van der Waals surface area contributed by atoms with Gasteiger partial charge in [0.05, 0.1) is 6.04 Å². The summed E-state index contributed by atoms with van der Waals surface area (Å²) in [5, 5.41) is 10.8. The Morgan fingerprint density at radius 3 is 2.06 bits per heavy atom. The number of fused-ring (bicyclic) bond motifs is 8. The Balaban J connectivity index is 1.06. The maximum absolute atomic E-state index is 7.17. The molecule has 8 aromatic carbocycles. The van der Waals surface area contributed by atoms with Crippen LogP contribution in [0.25, 0.3) is 71.4 Å². The molecule has 1 aliphatic carbocycles. The number of hydrogen-bond acceptors (Lipinski definition) is 3. The lowest BCUT2D eigenvalue weighted by molar-refractivity contribution is 0.661. The first-order valence-corrected chi connectivity index (χ1v) is 18.8. The first kappa shape index (κ1) is 32.2. The SMILES string of the molecule is CC1(C)c2cc3ccccc3cc2-c2c(-c3ccc(/C(=C/C(N)c4cccc5oc6cc7ccccc7cc6c45)NCc4ccccc4)cc3)cccc21. The van der Waals surface area contributed by atoms with Crippen LogP contribution in [-0.4, -0.2) is 0 Å². The quantitative estimate of drug-likeness (QED) is 0.174. The molecule has 0 fully saturated rings. The van der Waals surface area contributed by atoms with Crippen LogP contribution in [0.15, 0.2) is 174 Å². The lowest BCUT2D eigenvalue weighted by Gasteiger charge is -2.22. The molecule has 10 rings (SSSR count). The molecule has 0 spiro atoms. The van der Waals surface area contributed by atoms with E-state index in [1.165, 1.54) is 55.1 Å². The third-order valence-electron chi connectivity index (χ3n) is 11.5. The molecule has 3 heteroatoms. The van der Waals surface area contributed by atoms with Crippen LogP contribution in [0.3, 0.4) is 0 Å². The van der Waals surface area contributed by atoms with E-state index in [1.807, 2.05) is 12.1 Å². The highest BCUT2D eigenvalue weighted by molar-refractivity contribution is 6.11. The Hall–Kier alpha value is -6.42. The standard InChI is InChI=1S/C51H40N2O/c1-51(2)43-20-10-18-39(49(43)41-26-35-14-6-8-16-37(35)28-44(41)51)33-22-24-34(25-23-33)46(53-31-32-12-4-3-5-13-32)30-45(52)40-19-11-21-47-50(40)42-27-36-15-7-9-17-38(36)29-48(42)54-47/h3-30,45,53H,31,52H2,1-2H3/b46-30-. The molecule has 1 atom stereocenters. The van der Waals surface area contributed by atoms with Gasteiger partial charge in [0.1, 0.15) is 11.2 Å². The van der Waals surface area contributed by atoms with E-state index in [9.17, 15) is 0 Å². The van der Waals surface area contributed by atoms with E-state index >= 15 is 0 Å². The van der Waals surface area contributed by atoms with Crippen LogP contribution in [0.1, 0.15) is 47.7 Å². The summed E-state index contributed by atoms with van der Waals surface area (Å²) in [6, 6.07) is 58.3. The van der Waals surface area contributed by atoms with Crippen molar-refractivity contribution in [2.24, 2.45) is 5.73 Å². The first-order chi connectivity index (χ1) is 26.4. The van der Waals surface area contributed by atoms with Crippen molar-refractivity contribution in [3.63, 3.8) is 0 Å². The summed E-state index contributed by atoms with van der Waals surface area (Å²) in [4.78, 5) is 0. The van der Waals surface area contributed by atoms with Crippen molar-refractivity contribution in [3.05, 3.63) is 198 Å². The van der Waals surface area contributed by atoms with Crippen LogP contribution in [0.4, 0.5) is 0 Å². The zero-order valence-corrected chi connectivity index (χ0v) is 30.4. The minimum Gasteiger partial charge on any atom is -0.456 e. The molecule has 1 aliphatic rings. The molecule has 3 nitrogen and oxygen atoms in total. The van der Waals surface area contributed by atoms with E-state index in [0.29, 0.717) is 6.54 Å². The van der Waals surface area contributed by atoms with E-state index in [1.54, 1.807) is 0 Å². The summed E-state index contributed by atoms with van der Waals surface area (Å²) < 4.78 is 6.40. The summed E-state index contributed by atoms with van der Waals surface area (Å²) in [5.41, 5.74) is 21.0. The average Bonchev–Trinajstić information content (AvgIpc) is 3.68. The van der Waals surface area contributed by atoms with Gasteiger partial charge in [-0.1, -0.05) is 147 Å². The van der Waals surface area contributed by atoms with Gasteiger partial charge in [-0.25, -0.2) is 0 Å². The monoisotopic (exact) mass is 696 g/mol. The van der Waals surface area contributed by atoms with Crippen LogP contribution in [0.5, 0.6) is 0 Å². The molecular weight excluding hydrogens is 657 g/mol. The lowest BCUT2D eigenvalue weighted by Crippen LogP contribution is -2.16. The van der Waals surface area contributed by atoms with Gasteiger partial charge in [-0.2, -0.15) is 0 Å². The topological polar surface area (TPSA) is 51.2 Å². The predicted molar refractivity (Wildman–Crippen MR) is 226 cm³/mol. The van der Waals surface area contributed by atoms with Gasteiger partial charge >= 0.3 is 0 Å². The zero-order chi connectivity index (χ0) is 36.4. The van der Waals surface area contributed by atoms with Gasteiger partial charge in [-0.3, -0.25) is 0 Å². The summed E-state index contributed by atoms with van der Waals surface area (Å²) in [6.07, 6.45) is 2.16. The van der Waals surface area contributed by atoms with Crippen molar-refractivity contribution in [3.8, 4) is 22.3 Å². The third kappa shape index (κ3) is 5.31. The molecule has 0 radical (unpaired) electrons. The van der Waals surface area contributed by atoms with Crippen LogP contribution >= 0.6 is 0 Å². The molecule has 3 N–H and O–H groups in total. The minimum absolute atomic E-state index is 0.0890. The van der Waals surface area contributed by atoms with Crippen molar-refractivity contribution in [1.82, 2.24) is 5.32 Å². The highest BCUT2D eigenvalue weighted by Crippen LogP contribution is 2.53. The highest BCUT2D eigenvalue weighted by atomic mass is 16.3. The van der Waals surface area contributed by atoms with Crippen LogP contribution in [-0.2, 0) is 12.0 Å². The van der Waals surface area contributed by atoms with E-state index in [0.717, 1.165) is 44.1 Å². The van der Waals surface area contributed by atoms with Crippen molar-refractivity contribution >= 4 is 49.2 Å². The number of furan rings is 1. The van der Waals surface area contributed by atoms with Gasteiger partial charge in [0.25, 0.3) is 0 Å². The molecule has 0 saturated carbocycles. The minimum atomic E-state index is -0.384.